The summed E-state index contributed by atoms with van der Waals surface area (Å²) in [4.78, 5) is 10.5. The van der Waals surface area contributed by atoms with Gasteiger partial charge in [-0.1, -0.05) is 13.8 Å². The minimum atomic E-state index is -0.986. The maximum absolute atomic E-state index is 10.5. The molecule has 1 aromatic rings. The predicted octanol–water partition coefficient (Wildman–Crippen LogP) is 2.83. The molecule has 4 heteroatoms. The maximum atomic E-state index is 10.5. The van der Waals surface area contributed by atoms with E-state index in [1.807, 2.05) is 13.8 Å². The van der Waals surface area contributed by atoms with Crippen LogP contribution in [0.5, 0.6) is 11.5 Å². The van der Waals surface area contributed by atoms with E-state index in [-0.39, 0.29) is 0 Å². The highest BCUT2D eigenvalue weighted by atomic mass is 16.5. The second kappa shape index (κ2) is 6.69. The molecule has 4 nitrogen and oxygen atoms in total. The van der Waals surface area contributed by atoms with Crippen LogP contribution in [-0.2, 0) is 4.79 Å². The van der Waals surface area contributed by atoms with E-state index in [9.17, 15) is 4.79 Å². The molecule has 18 heavy (non-hydrogen) atoms. The van der Waals surface area contributed by atoms with Crippen molar-refractivity contribution in [2.45, 2.75) is 13.8 Å². The molecular weight excluding hydrogens is 232 g/mol. The summed E-state index contributed by atoms with van der Waals surface area (Å²) in [5.74, 6) is 0.718. The van der Waals surface area contributed by atoms with Crippen molar-refractivity contribution in [1.29, 1.82) is 0 Å². The Bertz CT molecular complexity index is 435. The Morgan fingerprint density at radius 3 is 2.72 bits per heavy atom. The lowest BCUT2D eigenvalue weighted by atomic mass is 10.1. The van der Waals surface area contributed by atoms with Gasteiger partial charge in [-0.25, -0.2) is 4.79 Å². The number of rotatable bonds is 6. The summed E-state index contributed by atoms with van der Waals surface area (Å²) < 4.78 is 10.8. The summed E-state index contributed by atoms with van der Waals surface area (Å²) in [6, 6.07) is 5.29. The van der Waals surface area contributed by atoms with Crippen molar-refractivity contribution in [2.75, 3.05) is 13.7 Å². The molecule has 0 bridgehead atoms. The Kier molecular flexibility index (Phi) is 5.24. The quantitative estimate of drug-likeness (QED) is 0.789. The SMILES string of the molecule is COc1ccc(C=CC(=O)O)c(OCC(C)C)c1. The Morgan fingerprint density at radius 2 is 2.17 bits per heavy atom. The van der Waals surface area contributed by atoms with Crippen LogP contribution >= 0.6 is 0 Å². The van der Waals surface area contributed by atoms with Gasteiger partial charge in [0, 0.05) is 17.7 Å². The molecule has 0 aliphatic rings. The van der Waals surface area contributed by atoms with Gasteiger partial charge in [0.15, 0.2) is 0 Å². The standard InChI is InChI=1S/C14H18O4/c1-10(2)9-18-13-8-12(17-3)6-4-11(13)5-7-14(15)16/h4-8,10H,9H2,1-3H3,(H,15,16). The molecule has 0 radical (unpaired) electrons. The largest absolute Gasteiger partial charge is 0.497 e. The Labute approximate surface area is 107 Å². The van der Waals surface area contributed by atoms with Gasteiger partial charge < -0.3 is 14.6 Å². The first-order chi connectivity index (χ1) is 8.52. The van der Waals surface area contributed by atoms with Crippen molar-refractivity contribution < 1.29 is 19.4 Å². The number of carbonyl (C=O) groups is 1. The van der Waals surface area contributed by atoms with Crippen LogP contribution in [0.1, 0.15) is 19.4 Å². The van der Waals surface area contributed by atoms with Crippen LogP contribution < -0.4 is 9.47 Å². The third-order valence-corrected chi connectivity index (χ3v) is 2.20. The fourth-order valence-corrected chi connectivity index (χ4v) is 1.32. The van der Waals surface area contributed by atoms with Gasteiger partial charge in [-0.05, 0) is 24.1 Å². The molecule has 0 saturated heterocycles. The van der Waals surface area contributed by atoms with E-state index >= 15 is 0 Å². The molecule has 0 aromatic heterocycles. The van der Waals surface area contributed by atoms with E-state index in [1.165, 1.54) is 6.08 Å². The molecule has 0 aliphatic heterocycles. The zero-order chi connectivity index (χ0) is 13.5. The zero-order valence-corrected chi connectivity index (χ0v) is 10.8. The smallest absolute Gasteiger partial charge is 0.328 e. The molecule has 1 aromatic carbocycles. The minimum Gasteiger partial charge on any atom is -0.497 e. The first kappa shape index (κ1) is 14.1. The van der Waals surface area contributed by atoms with Crippen LogP contribution in [0.3, 0.4) is 0 Å². The number of carboxylic acid groups (broad SMARTS) is 1. The van der Waals surface area contributed by atoms with Gasteiger partial charge in [-0.15, -0.1) is 0 Å². The van der Waals surface area contributed by atoms with Crippen molar-refractivity contribution in [1.82, 2.24) is 0 Å². The van der Waals surface area contributed by atoms with Gasteiger partial charge in [0.1, 0.15) is 11.5 Å². The van der Waals surface area contributed by atoms with Gasteiger partial charge in [0.25, 0.3) is 0 Å². The fourth-order valence-electron chi connectivity index (χ4n) is 1.32. The van der Waals surface area contributed by atoms with E-state index < -0.39 is 5.97 Å². The van der Waals surface area contributed by atoms with Crippen LogP contribution in [0, 0.1) is 5.92 Å². The monoisotopic (exact) mass is 250 g/mol. The number of benzene rings is 1. The molecule has 0 heterocycles. The first-order valence-electron chi connectivity index (χ1n) is 5.74. The lowest BCUT2D eigenvalue weighted by Gasteiger charge is -2.12. The molecule has 0 fully saturated rings. The molecule has 0 saturated carbocycles. The van der Waals surface area contributed by atoms with Crippen LogP contribution in [0.2, 0.25) is 0 Å². The summed E-state index contributed by atoms with van der Waals surface area (Å²) in [7, 11) is 1.58. The minimum absolute atomic E-state index is 0.396. The predicted molar refractivity (Wildman–Crippen MR) is 70.0 cm³/mol. The molecule has 0 amide bonds. The third-order valence-electron chi connectivity index (χ3n) is 2.20. The first-order valence-corrected chi connectivity index (χ1v) is 5.74. The number of hydrogen-bond acceptors (Lipinski definition) is 3. The van der Waals surface area contributed by atoms with Crippen LogP contribution in [0.4, 0.5) is 0 Å². The summed E-state index contributed by atoms with van der Waals surface area (Å²) >= 11 is 0. The van der Waals surface area contributed by atoms with Gasteiger partial charge in [-0.2, -0.15) is 0 Å². The van der Waals surface area contributed by atoms with Crippen molar-refractivity contribution in [2.24, 2.45) is 5.92 Å². The van der Waals surface area contributed by atoms with Gasteiger partial charge in [-0.3, -0.25) is 0 Å². The highest BCUT2D eigenvalue weighted by Gasteiger charge is 2.05. The second-order valence-corrected chi connectivity index (χ2v) is 4.28. The van der Waals surface area contributed by atoms with E-state index in [2.05, 4.69) is 0 Å². The van der Waals surface area contributed by atoms with Crippen molar-refractivity contribution in [3.8, 4) is 11.5 Å². The highest BCUT2D eigenvalue weighted by Crippen LogP contribution is 2.26. The topological polar surface area (TPSA) is 55.8 Å². The lowest BCUT2D eigenvalue weighted by molar-refractivity contribution is -0.131. The van der Waals surface area contributed by atoms with Crippen LogP contribution in [-0.4, -0.2) is 24.8 Å². The van der Waals surface area contributed by atoms with E-state index in [0.29, 0.717) is 24.0 Å². The fraction of sp³-hybridized carbons (Fsp3) is 0.357. The zero-order valence-electron chi connectivity index (χ0n) is 10.8. The molecule has 0 unspecified atom stereocenters. The van der Waals surface area contributed by atoms with Crippen LogP contribution in [0.15, 0.2) is 24.3 Å². The molecule has 1 N–H and O–H groups in total. The number of methoxy groups -OCH3 is 1. The number of ether oxygens (including phenoxy) is 2. The molecule has 1 rings (SSSR count). The van der Waals surface area contributed by atoms with E-state index in [4.69, 9.17) is 14.6 Å². The highest BCUT2D eigenvalue weighted by molar-refractivity contribution is 5.86. The molecular formula is C14H18O4. The third kappa shape index (κ3) is 4.49. The van der Waals surface area contributed by atoms with Gasteiger partial charge >= 0.3 is 5.97 Å². The lowest BCUT2D eigenvalue weighted by Crippen LogP contribution is -2.05. The van der Waals surface area contributed by atoms with Gasteiger partial charge in [0.05, 0.1) is 13.7 Å². The normalized spacial score (nSPS) is 10.9. The number of carboxylic acids is 1. The van der Waals surface area contributed by atoms with Crippen molar-refractivity contribution >= 4 is 12.0 Å². The number of hydrogen-bond donors (Lipinski definition) is 1. The molecule has 0 aliphatic carbocycles. The molecule has 98 valence electrons. The average molecular weight is 250 g/mol. The van der Waals surface area contributed by atoms with E-state index in [1.54, 1.807) is 25.3 Å². The summed E-state index contributed by atoms with van der Waals surface area (Å²) in [5.41, 5.74) is 0.721. The molecule has 0 atom stereocenters. The number of aliphatic carboxylic acids is 1. The van der Waals surface area contributed by atoms with E-state index in [0.717, 1.165) is 11.6 Å². The average Bonchev–Trinajstić information content (AvgIpc) is 2.34. The summed E-state index contributed by atoms with van der Waals surface area (Å²) in [5, 5.41) is 8.63. The second-order valence-electron chi connectivity index (χ2n) is 4.28. The van der Waals surface area contributed by atoms with Gasteiger partial charge in [0.2, 0.25) is 0 Å². The summed E-state index contributed by atoms with van der Waals surface area (Å²) in [6.07, 6.45) is 2.60. The molecule has 0 spiro atoms. The summed E-state index contributed by atoms with van der Waals surface area (Å²) in [6.45, 7) is 4.67. The van der Waals surface area contributed by atoms with Crippen molar-refractivity contribution in [3.05, 3.63) is 29.8 Å². The Balaban J connectivity index is 2.96. The van der Waals surface area contributed by atoms with Crippen molar-refractivity contribution in [3.63, 3.8) is 0 Å². The maximum Gasteiger partial charge on any atom is 0.328 e. The van der Waals surface area contributed by atoms with Crippen LogP contribution in [0.25, 0.3) is 6.08 Å². The Hall–Kier alpha value is -1.97. The Morgan fingerprint density at radius 1 is 1.44 bits per heavy atom.